The van der Waals surface area contributed by atoms with E-state index in [1.807, 2.05) is 20.8 Å². The van der Waals surface area contributed by atoms with Gasteiger partial charge in [0.25, 0.3) is 0 Å². The molecule has 0 rings (SSSR count). The molecule has 0 spiro atoms. The first-order chi connectivity index (χ1) is 8.23. The number of methoxy groups -OCH3 is 1. The summed E-state index contributed by atoms with van der Waals surface area (Å²) in [6.07, 6.45) is 0. The fourth-order valence-electron chi connectivity index (χ4n) is 1.24. The number of urea groups is 1. The van der Waals surface area contributed by atoms with E-state index in [1.54, 1.807) is 14.0 Å². The molecule has 0 aromatic carbocycles. The standard InChI is InChI=1S/C12H24N2O4/c1-6-14(7-9(2)10(15)16)11(17)13-8-12(3,4)18-5/h9H,6-8H2,1-5H3,(H,13,17)(H,15,16). The predicted molar refractivity (Wildman–Crippen MR) is 68.5 cm³/mol. The summed E-state index contributed by atoms with van der Waals surface area (Å²) in [6, 6.07) is -0.268. The van der Waals surface area contributed by atoms with Crippen LogP contribution in [0.3, 0.4) is 0 Å². The summed E-state index contributed by atoms with van der Waals surface area (Å²) in [4.78, 5) is 24.1. The number of carboxylic acid groups (broad SMARTS) is 1. The molecular formula is C12H24N2O4. The number of nitrogens with zero attached hydrogens (tertiary/aromatic N) is 1. The van der Waals surface area contributed by atoms with E-state index in [0.29, 0.717) is 13.1 Å². The zero-order valence-corrected chi connectivity index (χ0v) is 11.8. The number of carboxylic acids is 1. The van der Waals surface area contributed by atoms with Crippen LogP contribution in [0.5, 0.6) is 0 Å². The Morgan fingerprint density at radius 3 is 2.39 bits per heavy atom. The van der Waals surface area contributed by atoms with E-state index < -0.39 is 17.5 Å². The Labute approximate surface area is 108 Å². The van der Waals surface area contributed by atoms with Gasteiger partial charge in [0, 0.05) is 26.7 Å². The largest absolute Gasteiger partial charge is 0.481 e. The summed E-state index contributed by atoms with van der Waals surface area (Å²) in [5, 5.41) is 11.6. The number of carbonyl (C=O) groups excluding carboxylic acids is 1. The molecule has 1 atom stereocenters. The minimum Gasteiger partial charge on any atom is -0.481 e. The summed E-state index contributed by atoms with van der Waals surface area (Å²) in [5.74, 6) is -1.48. The lowest BCUT2D eigenvalue weighted by Crippen LogP contribution is -2.47. The number of hydrogen-bond acceptors (Lipinski definition) is 3. The molecular weight excluding hydrogens is 236 g/mol. The molecule has 0 radical (unpaired) electrons. The van der Waals surface area contributed by atoms with E-state index in [1.165, 1.54) is 4.90 Å². The van der Waals surface area contributed by atoms with Gasteiger partial charge in [0.05, 0.1) is 11.5 Å². The van der Waals surface area contributed by atoms with Gasteiger partial charge >= 0.3 is 12.0 Å². The van der Waals surface area contributed by atoms with Crippen molar-refractivity contribution in [3.8, 4) is 0 Å². The Hall–Kier alpha value is -1.30. The Morgan fingerprint density at radius 1 is 1.44 bits per heavy atom. The molecule has 0 aromatic rings. The maximum atomic E-state index is 11.9. The monoisotopic (exact) mass is 260 g/mol. The van der Waals surface area contributed by atoms with E-state index in [4.69, 9.17) is 9.84 Å². The van der Waals surface area contributed by atoms with E-state index in [2.05, 4.69) is 5.32 Å². The van der Waals surface area contributed by atoms with E-state index in [-0.39, 0.29) is 12.6 Å². The van der Waals surface area contributed by atoms with Crippen molar-refractivity contribution in [2.75, 3.05) is 26.7 Å². The smallest absolute Gasteiger partial charge is 0.317 e. The number of hydrogen-bond donors (Lipinski definition) is 2. The van der Waals surface area contributed by atoms with Crippen LogP contribution in [0.2, 0.25) is 0 Å². The Morgan fingerprint density at radius 2 is 2.00 bits per heavy atom. The van der Waals surface area contributed by atoms with Gasteiger partial charge in [-0.3, -0.25) is 4.79 Å². The topological polar surface area (TPSA) is 78.9 Å². The lowest BCUT2D eigenvalue weighted by molar-refractivity contribution is -0.141. The highest BCUT2D eigenvalue weighted by molar-refractivity contribution is 5.76. The van der Waals surface area contributed by atoms with Gasteiger partial charge in [-0.1, -0.05) is 6.92 Å². The number of aliphatic carboxylic acids is 1. The minimum atomic E-state index is -0.904. The van der Waals surface area contributed by atoms with Gasteiger partial charge in [0.1, 0.15) is 0 Å². The molecule has 1 unspecified atom stereocenters. The van der Waals surface area contributed by atoms with Crippen molar-refractivity contribution >= 4 is 12.0 Å². The molecule has 106 valence electrons. The van der Waals surface area contributed by atoms with Gasteiger partial charge < -0.3 is 20.1 Å². The Balaban J connectivity index is 4.32. The van der Waals surface area contributed by atoms with E-state index in [0.717, 1.165) is 0 Å². The van der Waals surface area contributed by atoms with Gasteiger partial charge in [-0.2, -0.15) is 0 Å². The minimum absolute atomic E-state index is 0.199. The molecule has 0 saturated heterocycles. The molecule has 0 aliphatic carbocycles. The van der Waals surface area contributed by atoms with Crippen molar-refractivity contribution in [3.63, 3.8) is 0 Å². The van der Waals surface area contributed by atoms with Crippen molar-refractivity contribution in [2.24, 2.45) is 5.92 Å². The van der Waals surface area contributed by atoms with Crippen molar-refractivity contribution in [2.45, 2.75) is 33.3 Å². The lowest BCUT2D eigenvalue weighted by atomic mass is 10.1. The molecule has 0 aromatic heterocycles. The van der Waals surface area contributed by atoms with E-state index >= 15 is 0 Å². The highest BCUT2D eigenvalue weighted by atomic mass is 16.5. The summed E-state index contributed by atoms with van der Waals surface area (Å²) in [6.45, 7) is 8.17. The average molecular weight is 260 g/mol. The van der Waals surface area contributed by atoms with Crippen LogP contribution in [0.1, 0.15) is 27.7 Å². The summed E-state index contributed by atoms with van der Waals surface area (Å²) in [5.41, 5.74) is -0.437. The number of ether oxygens (including phenoxy) is 1. The quantitative estimate of drug-likeness (QED) is 0.720. The number of amides is 2. The summed E-state index contributed by atoms with van der Waals surface area (Å²) < 4.78 is 5.19. The fourth-order valence-corrected chi connectivity index (χ4v) is 1.24. The molecule has 0 saturated carbocycles. The normalized spacial score (nSPS) is 12.9. The number of rotatable bonds is 7. The van der Waals surface area contributed by atoms with Crippen molar-refractivity contribution in [1.29, 1.82) is 0 Å². The van der Waals surface area contributed by atoms with Crippen molar-refractivity contribution in [1.82, 2.24) is 10.2 Å². The molecule has 2 N–H and O–H groups in total. The maximum Gasteiger partial charge on any atom is 0.317 e. The Bertz CT molecular complexity index is 292. The Kier molecular flexibility index (Phi) is 6.68. The second-order valence-electron chi connectivity index (χ2n) is 4.90. The highest BCUT2D eigenvalue weighted by Crippen LogP contribution is 2.06. The molecule has 0 heterocycles. The van der Waals surface area contributed by atoms with Crippen LogP contribution >= 0.6 is 0 Å². The molecule has 0 aliphatic rings. The van der Waals surface area contributed by atoms with Crippen LogP contribution in [0.4, 0.5) is 4.79 Å². The first-order valence-corrected chi connectivity index (χ1v) is 6.04. The first kappa shape index (κ1) is 16.7. The van der Waals surface area contributed by atoms with Crippen molar-refractivity contribution < 1.29 is 19.4 Å². The molecule has 2 amide bonds. The maximum absolute atomic E-state index is 11.9. The van der Waals surface area contributed by atoms with Crippen LogP contribution in [-0.4, -0.2) is 54.4 Å². The second kappa shape index (κ2) is 7.20. The zero-order chi connectivity index (χ0) is 14.3. The van der Waals surface area contributed by atoms with Crippen LogP contribution in [0, 0.1) is 5.92 Å². The second-order valence-corrected chi connectivity index (χ2v) is 4.90. The summed E-state index contributed by atoms with van der Waals surface area (Å²) >= 11 is 0. The molecule has 0 aliphatic heterocycles. The van der Waals surface area contributed by atoms with Crippen molar-refractivity contribution in [3.05, 3.63) is 0 Å². The molecule has 18 heavy (non-hydrogen) atoms. The first-order valence-electron chi connectivity index (χ1n) is 6.04. The van der Waals surface area contributed by atoms with Crippen LogP contribution in [0.25, 0.3) is 0 Å². The number of nitrogens with one attached hydrogen (secondary N) is 1. The molecule has 6 heteroatoms. The van der Waals surface area contributed by atoms with Crippen LogP contribution in [0.15, 0.2) is 0 Å². The predicted octanol–water partition coefficient (Wildman–Crippen LogP) is 1.16. The fraction of sp³-hybridized carbons (Fsp3) is 0.833. The number of carbonyl (C=O) groups is 2. The molecule has 0 fully saturated rings. The third kappa shape index (κ3) is 5.86. The third-order valence-corrected chi connectivity index (χ3v) is 2.80. The van der Waals surface area contributed by atoms with Crippen LogP contribution in [-0.2, 0) is 9.53 Å². The van der Waals surface area contributed by atoms with Gasteiger partial charge in [0.15, 0.2) is 0 Å². The van der Waals surface area contributed by atoms with Gasteiger partial charge in [-0.15, -0.1) is 0 Å². The lowest BCUT2D eigenvalue weighted by Gasteiger charge is -2.27. The van der Waals surface area contributed by atoms with E-state index in [9.17, 15) is 9.59 Å². The molecule has 0 bridgehead atoms. The van der Waals surface area contributed by atoms with Gasteiger partial charge in [0.2, 0.25) is 0 Å². The van der Waals surface area contributed by atoms with Crippen LogP contribution < -0.4 is 5.32 Å². The molecule has 6 nitrogen and oxygen atoms in total. The third-order valence-electron chi connectivity index (χ3n) is 2.80. The SMILES string of the molecule is CCN(CC(C)C(=O)O)C(=O)NCC(C)(C)OC. The van der Waals surface area contributed by atoms with Gasteiger partial charge in [-0.05, 0) is 20.8 Å². The highest BCUT2D eigenvalue weighted by Gasteiger charge is 2.22. The average Bonchev–Trinajstić information content (AvgIpc) is 2.32. The van der Waals surface area contributed by atoms with Gasteiger partial charge in [-0.25, -0.2) is 4.79 Å². The zero-order valence-electron chi connectivity index (χ0n) is 11.8. The summed E-state index contributed by atoms with van der Waals surface area (Å²) in [7, 11) is 1.58.